The van der Waals surface area contributed by atoms with E-state index in [1.807, 2.05) is 19.1 Å². The van der Waals surface area contributed by atoms with Crippen LogP contribution in [0.3, 0.4) is 0 Å². The van der Waals surface area contributed by atoms with Crippen LogP contribution in [0.2, 0.25) is 0 Å². The van der Waals surface area contributed by atoms with Crippen molar-refractivity contribution in [2.24, 2.45) is 0 Å². The SMILES string of the molecule is CCn1ncc(NCc2ccccc2C)c(Br)c1=O. The molecule has 0 unspecified atom stereocenters. The fourth-order valence-corrected chi connectivity index (χ4v) is 2.26. The van der Waals surface area contributed by atoms with Crippen LogP contribution in [0.15, 0.2) is 39.7 Å². The van der Waals surface area contributed by atoms with E-state index in [0.29, 0.717) is 17.6 Å². The molecule has 0 aliphatic heterocycles. The number of nitrogens with zero attached hydrogens (tertiary/aromatic N) is 2. The minimum absolute atomic E-state index is 0.114. The van der Waals surface area contributed by atoms with Gasteiger partial charge in [-0.05, 0) is 40.9 Å². The number of halogens is 1. The summed E-state index contributed by atoms with van der Waals surface area (Å²) in [5.41, 5.74) is 3.03. The Morgan fingerprint density at radius 3 is 2.79 bits per heavy atom. The van der Waals surface area contributed by atoms with Gasteiger partial charge in [-0.2, -0.15) is 5.10 Å². The number of aromatic nitrogens is 2. The molecule has 2 aromatic rings. The molecule has 1 aromatic carbocycles. The molecule has 0 saturated carbocycles. The van der Waals surface area contributed by atoms with Gasteiger partial charge in [0.2, 0.25) is 0 Å². The molecule has 0 atom stereocenters. The first-order valence-electron chi connectivity index (χ1n) is 6.17. The van der Waals surface area contributed by atoms with Crippen LogP contribution in [0.1, 0.15) is 18.1 Å². The molecule has 1 N–H and O–H groups in total. The maximum atomic E-state index is 11.9. The molecular formula is C14H16BrN3O. The highest BCUT2D eigenvalue weighted by molar-refractivity contribution is 9.10. The third-order valence-corrected chi connectivity index (χ3v) is 3.78. The van der Waals surface area contributed by atoms with E-state index in [1.54, 1.807) is 6.20 Å². The Labute approximate surface area is 120 Å². The zero-order chi connectivity index (χ0) is 13.8. The lowest BCUT2D eigenvalue weighted by molar-refractivity contribution is 0.613. The predicted molar refractivity (Wildman–Crippen MR) is 80.4 cm³/mol. The summed E-state index contributed by atoms with van der Waals surface area (Å²) in [6.45, 7) is 5.19. The fourth-order valence-electron chi connectivity index (χ4n) is 1.81. The Hall–Kier alpha value is -1.62. The smallest absolute Gasteiger partial charge is 0.283 e. The van der Waals surface area contributed by atoms with Crippen molar-refractivity contribution >= 4 is 21.6 Å². The summed E-state index contributed by atoms with van der Waals surface area (Å²) in [6.07, 6.45) is 1.67. The average molecular weight is 322 g/mol. The first kappa shape index (κ1) is 13.8. The van der Waals surface area contributed by atoms with Crippen molar-refractivity contribution in [3.63, 3.8) is 0 Å². The first-order valence-corrected chi connectivity index (χ1v) is 6.96. The molecular weight excluding hydrogens is 306 g/mol. The van der Waals surface area contributed by atoms with Crippen molar-refractivity contribution in [2.75, 3.05) is 5.32 Å². The van der Waals surface area contributed by atoms with Gasteiger partial charge < -0.3 is 5.32 Å². The van der Waals surface area contributed by atoms with Gasteiger partial charge in [0, 0.05) is 13.1 Å². The zero-order valence-electron chi connectivity index (χ0n) is 11.0. The Balaban J connectivity index is 2.19. The largest absolute Gasteiger partial charge is 0.379 e. The number of aryl methyl sites for hydroxylation is 2. The van der Waals surface area contributed by atoms with Crippen molar-refractivity contribution in [1.29, 1.82) is 0 Å². The maximum Gasteiger partial charge on any atom is 0.283 e. The Bertz CT molecular complexity index is 637. The van der Waals surface area contributed by atoms with Gasteiger partial charge >= 0.3 is 0 Å². The number of rotatable bonds is 4. The van der Waals surface area contributed by atoms with Gasteiger partial charge in [-0.1, -0.05) is 24.3 Å². The van der Waals surface area contributed by atoms with Gasteiger partial charge in [0.15, 0.2) is 0 Å². The number of nitrogens with one attached hydrogen (secondary N) is 1. The van der Waals surface area contributed by atoms with Crippen LogP contribution in [0.25, 0.3) is 0 Å². The maximum absolute atomic E-state index is 11.9. The lowest BCUT2D eigenvalue weighted by Gasteiger charge is -2.11. The molecule has 0 fully saturated rings. The van der Waals surface area contributed by atoms with Crippen LogP contribution in [0, 0.1) is 6.92 Å². The molecule has 2 rings (SSSR count). The molecule has 0 bridgehead atoms. The summed E-state index contributed by atoms with van der Waals surface area (Å²) in [5, 5.41) is 7.34. The van der Waals surface area contributed by atoms with Crippen molar-refractivity contribution in [2.45, 2.75) is 26.9 Å². The summed E-state index contributed by atoms with van der Waals surface area (Å²) in [4.78, 5) is 11.9. The summed E-state index contributed by atoms with van der Waals surface area (Å²) >= 11 is 3.33. The molecule has 0 spiro atoms. The van der Waals surface area contributed by atoms with Crippen LogP contribution < -0.4 is 10.9 Å². The molecule has 0 radical (unpaired) electrons. The highest BCUT2D eigenvalue weighted by atomic mass is 79.9. The topological polar surface area (TPSA) is 46.9 Å². The standard InChI is InChI=1S/C14H16BrN3O/c1-3-18-14(19)13(15)12(9-17-18)16-8-11-7-5-4-6-10(11)2/h4-7,9,16H,3,8H2,1-2H3. The van der Waals surface area contributed by atoms with Gasteiger partial charge in [0.05, 0.1) is 11.9 Å². The first-order chi connectivity index (χ1) is 9.13. The molecule has 1 aromatic heterocycles. The van der Waals surface area contributed by atoms with E-state index >= 15 is 0 Å². The Kier molecular flexibility index (Phi) is 4.37. The van der Waals surface area contributed by atoms with Crippen LogP contribution >= 0.6 is 15.9 Å². The third kappa shape index (κ3) is 3.04. The van der Waals surface area contributed by atoms with Crippen molar-refractivity contribution < 1.29 is 0 Å². The second-order valence-electron chi connectivity index (χ2n) is 4.27. The highest BCUT2D eigenvalue weighted by Crippen LogP contribution is 2.18. The van der Waals surface area contributed by atoms with E-state index in [2.05, 4.69) is 45.4 Å². The predicted octanol–water partition coefficient (Wildman–Crippen LogP) is 2.95. The minimum atomic E-state index is -0.114. The molecule has 0 amide bonds. The van der Waals surface area contributed by atoms with Gasteiger partial charge in [-0.15, -0.1) is 0 Å². The molecule has 0 saturated heterocycles. The van der Waals surface area contributed by atoms with Crippen molar-refractivity contribution in [3.05, 3.63) is 56.4 Å². The summed E-state index contributed by atoms with van der Waals surface area (Å²) in [6, 6.07) is 8.15. The van der Waals surface area contributed by atoms with Crippen LogP contribution in [0.5, 0.6) is 0 Å². The number of anilines is 1. The molecule has 19 heavy (non-hydrogen) atoms. The molecule has 0 aliphatic rings. The van der Waals surface area contributed by atoms with E-state index in [4.69, 9.17) is 0 Å². The van der Waals surface area contributed by atoms with Gasteiger partial charge in [0.25, 0.3) is 5.56 Å². The summed E-state index contributed by atoms with van der Waals surface area (Å²) in [7, 11) is 0. The van der Waals surface area contributed by atoms with E-state index in [1.165, 1.54) is 15.8 Å². The van der Waals surface area contributed by atoms with Crippen molar-refractivity contribution in [1.82, 2.24) is 9.78 Å². The number of hydrogen-bond acceptors (Lipinski definition) is 3. The summed E-state index contributed by atoms with van der Waals surface area (Å²) < 4.78 is 1.95. The van der Waals surface area contributed by atoms with Gasteiger partial charge in [-0.3, -0.25) is 4.79 Å². The highest BCUT2D eigenvalue weighted by Gasteiger charge is 2.07. The molecule has 100 valence electrons. The normalized spacial score (nSPS) is 10.5. The lowest BCUT2D eigenvalue weighted by atomic mass is 10.1. The van der Waals surface area contributed by atoms with Crippen LogP contribution in [0.4, 0.5) is 5.69 Å². The van der Waals surface area contributed by atoms with Crippen LogP contribution in [-0.4, -0.2) is 9.78 Å². The van der Waals surface area contributed by atoms with Gasteiger partial charge in [-0.25, -0.2) is 4.68 Å². The summed E-state index contributed by atoms with van der Waals surface area (Å²) in [5.74, 6) is 0. The molecule has 0 aliphatic carbocycles. The van der Waals surface area contributed by atoms with Crippen molar-refractivity contribution in [3.8, 4) is 0 Å². The van der Waals surface area contributed by atoms with E-state index in [-0.39, 0.29) is 5.56 Å². The van der Waals surface area contributed by atoms with E-state index < -0.39 is 0 Å². The third-order valence-electron chi connectivity index (χ3n) is 3.01. The van der Waals surface area contributed by atoms with Crippen LogP contribution in [-0.2, 0) is 13.1 Å². The monoisotopic (exact) mass is 321 g/mol. The molecule has 5 heteroatoms. The Morgan fingerprint density at radius 2 is 2.11 bits per heavy atom. The molecule has 4 nitrogen and oxygen atoms in total. The minimum Gasteiger partial charge on any atom is -0.379 e. The quantitative estimate of drug-likeness (QED) is 0.941. The zero-order valence-corrected chi connectivity index (χ0v) is 12.6. The number of benzene rings is 1. The molecule has 1 heterocycles. The lowest BCUT2D eigenvalue weighted by Crippen LogP contribution is -2.23. The number of hydrogen-bond donors (Lipinski definition) is 1. The average Bonchev–Trinajstić information content (AvgIpc) is 2.42. The van der Waals surface area contributed by atoms with Gasteiger partial charge in [0.1, 0.15) is 4.47 Å². The second-order valence-corrected chi connectivity index (χ2v) is 5.07. The second kappa shape index (κ2) is 6.02. The Morgan fingerprint density at radius 1 is 1.37 bits per heavy atom. The van der Waals surface area contributed by atoms with E-state index in [0.717, 1.165) is 5.69 Å². The fraction of sp³-hybridized carbons (Fsp3) is 0.286. The van der Waals surface area contributed by atoms with E-state index in [9.17, 15) is 4.79 Å².